The molecule has 0 spiro atoms. The van der Waals surface area contributed by atoms with Crippen LogP contribution < -0.4 is 54.8 Å². The van der Waals surface area contributed by atoms with Crippen molar-refractivity contribution in [2.45, 2.75) is 159 Å². The second kappa shape index (κ2) is 29.9. The van der Waals surface area contributed by atoms with Crippen LogP contribution in [0, 0.1) is 11.8 Å². The Hall–Kier alpha value is -8.18. The smallest absolute Gasteiger partial charge is 0.326 e. The standard InChI is InChI=1S/C48H75N17O13/c1-24(2)14-28(49)39(69)59-30(15-25(3)4)40(70)60-31(16-26-20-53-22-56-26)41(71)61-32(19-38(67)68)42(72)62-33(17-27-21-54-23-57-27)45(75)64-12-7-10-36(64)44(74)63-34(18-37(50)66)46(76)65-13-6-9-35(65)43(73)58-29(47(77)78)8-5-11-55-48(51)52/h20-25,28-36H,5-19,49H2,1-4H3,(H2,50,66)(H,53,56)(H,54,57)(H,58,73)(H,59,69)(H,60,70)(H,61,71)(H,62,72)(H,63,74)(H,67,68)(H,77,78)(H4,51,52,55)/t28-,29-,30-,31-,32-,33-,34-,35-,36-/m0/s1. The van der Waals surface area contributed by atoms with Gasteiger partial charge in [-0.05, 0) is 63.2 Å². The van der Waals surface area contributed by atoms with E-state index in [9.17, 15) is 63.0 Å². The summed E-state index contributed by atoms with van der Waals surface area (Å²) in [5, 5.41) is 34.9. The first-order valence-corrected chi connectivity index (χ1v) is 25.8. The molecule has 2 aromatic heterocycles. The highest BCUT2D eigenvalue weighted by Crippen LogP contribution is 2.23. The number of amides is 9. The quantitative estimate of drug-likeness (QED) is 0.0193. The molecule has 30 heteroatoms. The van der Waals surface area contributed by atoms with Crippen molar-refractivity contribution in [2.24, 2.45) is 39.8 Å². The number of hydrogen-bond donors (Lipinski definition) is 14. The van der Waals surface area contributed by atoms with Gasteiger partial charge in [0.1, 0.15) is 48.3 Å². The average molecular weight is 1100 g/mol. The van der Waals surface area contributed by atoms with Crippen molar-refractivity contribution in [2.75, 3.05) is 19.6 Å². The molecule has 0 bridgehead atoms. The molecule has 0 radical (unpaired) electrons. The second-order valence-electron chi connectivity index (χ2n) is 20.2. The fraction of sp³-hybridized carbons (Fsp3) is 0.625. The van der Waals surface area contributed by atoms with E-state index in [1.165, 1.54) is 25.0 Å². The molecule has 78 heavy (non-hydrogen) atoms. The highest BCUT2D eigenvalue weighted by Gasteiger charge is 2.43. The number of nitrogens with zero attached hydrogens (tertiary/aromatic N) is 5. The molecule has 9 amide bonds. The first-order valence-electron chi connectivity index (χ1n) is 25.8. The van der Waals surface area contributed by atoms with E-state index in [1.807, 2.05) is 27.7 Å². The molecule has 430 valence electrons. The number of imidazole rings is 2. The third-order valence-electron chi connectivity index (χ3n) is 12.9. The van der Waals surface area contributed by atoms with Crippen LogP contribution in [0.25, 0.3) is 0 Å². The number of carbonyl (C=O) groups excluding carboxylic acids is 9. The molecule has 0 aliphatic carbocycles. The van der Waals surface area contributed by atoms with Crippen LogP contribution >= 0.6 is 0 Å². The minimum Gasteiger partial charge on any atom is -0.481 e. The Kier molecular flexibility index (Phi) is 23.9. The summed E-state index contributed by atoms with van der Waals surface area (Å²) in [6.07, 6.45) is 4.49. The topological polar surface area (TPSA) is 481 Å². The third-order valence-corrected chi connectivity index (χ3v) is 12.9. The van der Waals surface area contributed by atoms with Gasteiger partial charge in [0.2, 0.25) is 53.2 Å². The molecule has 0 saturated carbocycles. The minimum absolute atomic E-state index is 0.00282. The van der Waals surface area contributed by atoms with Gasteiger partial charge in [0.15, 0.2) is 5.96 Å². The number of guanidine groups is 1. The number of rotatable bonds is 31. The van der Waals surface area contributed by atoms with E-state index >= 15 is 0 Å². The van der Waals surface area contributed by atoms with Gasteiger partial charge in [0, 0.05) is 56.3 Å². The Morgan fingerprint density at radius 1 is 0.628 bits per heavy atom. The van der Waals surface area contributed by atoms with Crippen molar-refractivity contribution in [3.8, 4) is 0 Å². The van der Waals surface area contributed by atoms with Crippen LogP contribution in [0.3, 0.4) is 0 Å². The van der Waals surface area contributed by atoms with Crippen LogP contribution in [-0.4, -0.2) is 185 Å². The SMILES string of the molecule is CC(C)C[C@H](NC(=O)[C@@H](N)CC(C)C)C(=O)N[C@@H](Cc1cnc[nH]1)C(=O)N[C@@H](CC(=O)O)C(=O)N[C@@H](Cc1cnc[nH]1)C(=O)N1CCC[C@H]1C(=O)N[C@@H](CC(N)=O)C(=O)N1CCC[C@H]1C(=O)N[C@@H](CCCN=C(N)N)C(=O)O. The number of H-pyrrole nitrogens is 2. The first kappa shape index (κ1) is 62.4. The first-order chi connectivity index (χ1) is 36.8. The average Bonchev–Trinajstić information content (AvgIpc) is 4.24. The van der Waals surface area contributed by atoms with E-state index in [1.54, 1.807) is 0 Å². The molecular formula is C48H75N17O13. The van der Waals surface area contributed by atoms with Gasteiger partial charge in [-0.25, -0.2) is 14.8 Å². The number of nitrogens with one attached hydrogen (secondary N) is 8. The van der Waals surface area contributed by atoms with Gasteiger partial charge >= 0.3 is 11.9 Å². The zero-order valence-corrected chi connectivity index (χ0v) is 44.2. The largest absolute Gasteiger partial charge is 0.481 e. The molecule has 0 unspecified atom stereocenters. The number of likely N-dealkylation sites (tertiary alicyclic amines) is 2. The summed E-state index contributed by atoms with van der Waals surface area (Å²) in [5.74, 6) is -11.0. The predicted octanol–water partition coefficient (Wildman–Crippen LogP) is -4.28. The number of primary amides is 1. The highest BCUT2D eigenvalue weighted by atomic mass is 16.4. The molecule has 2 fully saturated rings. The van der Waals surface area contributed by atoms with Crippen molar-refractivity contribution < 1.29 is 63.0 Å². The minimum atomic E-state index is -1.87. The van der Waals surface area contributed by atoms with Crippen LogP contribution in [0.5, 0.6) is 0 Å². The number of hydrogen-bond acceptors (Lipinski definition) is 15. The Morgan fingerprint density at radius 3 is 1.59 bits per heavy atom. The molecule has 2 aromatic rings. The summed E-state index contributed by atoms with van der Waals surface area (Å²) in [5.41, 5.74) is 23.0. The van der Waals surface area contributed by atoms with Gasteiger partial charge in [-0.2, -0.15) is 0 Å². The van der Waals surface area contributed by atoms with Gasteiger partial charge in [-0.3, -0.25) is 52.9 Å². The zero-order valence-electron chi connectivity index (χ0n) is 44.2. The predicted molar refractivity (Wildman–Crippen MR) is 276 cm³/mol. The summed E-state index contributed by atoms with van der Waals surface area (Å²) in [6.45, 7) is 7.46. The molecule has 2 aliphatic heterocycles. The van der Waals surface area contributed by atoms with Crippen LogP contribution in [0.1, 0.15) is 103 Å². The zero-order chi connectivity index (χ0) is 57.8. The molecule has 2 saturated heterocycles. The maximum absolute atomic E-state index is 14.6. The fourth-order valence-corrected chi connectivity index (χ4v) is 9.14. The van der Waals surface area contributed by atoms with Crippen LogP contribution in [0.4, 0.5) is 0 Å². The van der Waals surface area contributed by atoms with E-state index in [0.717, 1.165) is 9.80 Å². The Morgan fingerprint density at radius 2 is 1.10 bits per heavy atom. The monoisotopic (exact) mass is 1100 g/mol. The fourth-order valence-electron chi connectivity index (χ4n) is 9.14. The lowest BCUT2D eigenvalue weighted by Gasteiger charge is -2.32. The van der Waals surface area contributed by atoms with Gasteiger partial charge in [-0.15, -0.1) is 0 Å². The van der Waals surface area contributed by atoms with E-state index < -0.39 is 132 Å². The third kappa shape index (κ3) is 19.4. The lowest BCUT2D eigenvalue weighted by atomic mass is 10.00. The summed E-state index contributed by atoms with van der Waals surface area (Å²) >= 11 is 0. The summed E-state index contributed by atoms with van der Waals surface area (Å²) < 4.78 is 0. The maximum atomic E-state index is 14.6. The maximum Gasteiger partial charge on any atom is 0.326 e. The van der Waals surface area contributed by atoms with Crippen molar-refractivity contribution in [1.29, 1.82) is 0 Å². The number of aromatic amines is 2. The molecular weight excluding hydrogens is 1020 g/mol. The van der Waals surface area contributed by atoms with Crippen LogP contribution in [-0.2, 0) is 65.6 Å². The molecule has 2 aliphatic rings. The van der Waals surface area contributed by atoms with Gasteiger partial charge in [0.25, 0.3) is 0 Å². The lowest BCUT2D eigenvalue weighted by Crippen LogP contribution is -2.61. The van der Waals surface area contributed by atoms with Crippen molar-refractivity contribution in [3.05, 3.63) is 36.4 Å². The van der Waals surface area contributed by atoms with Gasteiger partial charge in [0.05, 0.1) is 31.5 Å². The number of aliphatic imine (C=N–C) groups is 1. The van der Waals surface area contributed by atoms with E-state index in [4.69, 9.17) is 22.9 Å². The number of carboxylic acids is 2. The molecule has 4 rings (SSSR count). The van der Waals surface area contributed by atoms with E-state index in [2.05, 4.69) is 56.8 Å². The number of carbonyl (C=O) groups is 11. The molecule has 30 nitrogen and oxygen atoms in total. The summed E-state index contributed by atoms with van der Waals surface area (Å²) in [7, 11) is 0. The number of aliphatic carboxylic acids is 2. The second-order valence-corrected chi connectivity index (χ2v) is 20.2. The molecule has 4 heterocycles. The highest BCUT2D eigenvalue weighted by molar-refractivity contribution is 6.00. The molecule has 0 aromatic carbocycles. The molecule has 18 N–H and O–H groups in total. The van der Waals surface area contributed by atoms with Crippen molar-refractivity contribution >= 4 is 71.1 Å². The Bertz CT molecular complexity index is 2450. The van der Waals surface area contributed by atoms with E-state index in [-0.39, 0.29) is 88.8 Å². The summed E-state index contributed by atoms with van der Waals surface area (Å²) in [4.78, 5) is 168. The Balaban J connectivity index is 1.55. The Labute approximate surface area is 449 Å². The summed E-state index contributed by atoms with van der Waals surface area (Å²) in [6, 6.07) is -12.4. The van der Waals surface area contributed by atoms with Crippen molar-refractivity contribution in [3.63, 3.8) is 0 Å². The molecule has 9 atom stereocenters. The lowest BCUT2D eigenvalue weighted by molar-refractivity contribution is -0.146. The van der Waals surface area contributed by atoms with Gasteiger partial charge < -0.3 is 84.8 Å². The number of carboxylic acid groups (broad SMARTS) is 2. The van der Waals surface area contributed by atoms with Crippen LogP contribution in [0.2, 0.25) is 0 Å². The number of aromatic nitrogens is 4. The van der Waals surface area contributed by atoms with Gasteiger partial charge in [-0.1, -0.05) is 27.7 Å². The van der Waals surface area contributed by atoms with Crippen molar-refractivity contribution in [1.82, 2.24) is 61.6 Å². The normalized spacial score (nSPS) is 17.8. The van der Waals surface area contributed by atoms with Crippen LogP contribution in [0.15, 0.2) is 30.0 Å². The van der Waals surface area contributed by atoms with E-state index in [0.29, 0.717) is 24.2 Å². The number of nitrogens with two attached hydrogens (primary N) is 4.